The summed E-state index contributed by atoms with van der Waals surface area (Å²) in [5.74, 6) is 0.557. The average molecular weight is 236 g/mol. The summed E-state index contributed by atoms with van der Waals surface area (Å²) < 4.78 is 0. The molecule has 0 spiro atoms. The number of rotatable bonds is 4. The first-order valence-electron chi connectivity index (χ1n) is 6.56. The SMILES string of the molecule is CNC(C)NC(C)(C)C1=C(C)C(C)=C(C)C1C. The van der Waals surface area contributed by atoms with Crippen LogP contribution in [0.3, 0.4) is 0 Å². The van der Waals surface area contributed by atoms with Crippen LogP contribution in [-0.2, 0) is 0 Å². The van der Waals surface area contributed by atoms with E-state index in [1.54, 1.807) is 0 Å². The molecule has 2 heteroatoms. The third kappa shape index (κ3) is 2.63. The second-order valence-corrected chi connectivity index (χ2v) is 5.85. The summed E-state index contributed by atoms with van der Waals surface area (Å²) in [5.41, 5.74) is 6.03. The lowest BCUT2D eigenvalue weighted by Gasteiger charge is -2.35. The first-order chi connectivity index (χ1) is 7.72. The van der Waals surface area contributed by atoms with Gasteiger partial charge in [-0.25, -0.2) is 0 Å². The molecule has 2 N–H and O–H groups in total. The monoisotopic (exact) mass is 236 g/mol. The van der Waals surface area contributed by atoms with E-state index in [0.29, 0.717) is 12.1 Å². The maximum Gasteiger partial charge on any atom is 0.0546 e. The Morgan fingerprint density at radius 1 is 1.12 bits per heavy atom. The van der Waals surface area contributed by atoms with Crippen LogP contribution in [0.4, 0.5) is 0 Å². The van der Waals surface area contributed by atoms with Crippen LogP contribution in [0, 0.1) is 5.92 Å². The molecule has 0 fully saturated rings. The van der Waals surface area contributed by atoms with Crippen LogP contribution >= 0.6 is 0 Å². The third-order valence-corrected chi connectivity index (χ3v) is 4.32. The minimum absolute atomic E-state index is 0.0327. The Hall–Kier alpha value is -0.600. The van der Waals surface area contributed by atoms with Crippen molar-refractivity contribution in [2.75, 3.05) is 7.05 Å². The van der Waals surface area contributed by atoms with E-state index in [2.05, 4.69) is 59.1 Å². The van der Waals surface area contributed by atoms with Crippen molar-refractivity contribution in [2.45, 2.75) is 60.2 Å². The molecular weight excluding hydrogens is 208 g/mol. The van der Waals surface area contributed by atoms with Crippen LogP contribution in [-0.4, -0.2) is 18.8 Å². The number of allylic oxidation sites excluding steroid dienone is 3. The van der Waals surface area contributed by atoms with Gasteiger partial charge in [-0.2, -0.15) is 0 Å². The first kappa shape index (κ1) is 14.5. The molecular formula is C15H28N2. The zero-order chi connectivity index (χ0) is 13.4. The zero-order valence-electron chi connectivity index (χ0n) is 12.7. The Labute approximate surface area is 107 Å². The maximum absolute atomic E-state index is 3.65. The van der Waals surface area contributed by atoms with Gasteiger partial charge in [0.2, 0.25) is 0 Å². The molecule has 2 unspecified atom stereocenters. The minimum Gasteiger partial charge on any atom is -0.305 e. The van der Waals surface area contributed by atoms with Gasteiger partial charge in [0, 0.05) is 11.5 Å². The molecule has 98 valence electrons. The number of hydrogen-bond acceptors (Lipinski definition) is 2. The Bertz CT molecular complexity index is 361. The highest BCUT2D eigenvalue weighted by atomic mass is 15.1. The van der Waals surface area contributed by atoms with Gasteiger partial charge < -0.3 is 5.32 Å². The lowest BCUT2D eigenvalue weighted by Crippen LogP contribution is -2.52. The average Bonchev–Trinajstić information content (AvgIpc) is 2.42. The molecule has 0 aromatic rings. The van der Waals surface area contributed by atoms with Crippen LogP contribution in [0.5, 0.6) is 0 Å². The fourth-order valence-corrected chi connectivity index (χ4v) is 3.06. The van der Waals surface area contributed by atoms with Crippen LogP contribution < -0.4 is 10.6 Å². The predicted molar refractivity (Wildman–Crippen MR) is 76.0 cm³/mol. The Morgan fingerprint density at radius 2 is 1.65 bits per heavy atom. The molecule has 0 heterocycles. The number of hydrogen-bond donors (Lipinski definition) is 2. The van der Waals surface area contributed by atoms with Crippen molar-refractivity contribution in [3.8, 4) is 0 Å². The van der Waals surface area contributed by atoms with Gasteiger partial charge in [0.15, 0.2) is 0 Å². The molecule has 0 amide bonds. The van der Waals surface area contributed by atoms with Crippen LogP contribution in [0.25, 0.3) is 0 Å². The van der Waals surface area contributed by atoms with Crippen molar-refractivity contribution in [1.29, 1.82) is 0 Å². The molecule has 1 rings (SSSR count). The predicted octanol–water partition coefficient (Wildman–Crippen LogP) is 3.22. The fraction of sp³-hybridized carbons (Fsp3) is 0.733. The van der Waals surface area contributed by atoms with E-state index in [-0.39, 0.29) is 5.54 Å². The van der Waals surface area contributed by atoms with Crippen molar-refractivity contribution in [3.63, 3.8) is 0 Å². The van der Waals surface area contributed by atoms with E-state index >= 15 is 0 Å². The molecule has 1 aliphatic rings. The van der Waals surface area contributed by atoms with E-state index in [0.717, 1.165) is 0 Å². The molecule has 0 saturated carbocycles. The normalized spacial score (nSPS) is 23.6. The standard InChI is InChI=1S/C15H28N2/c1-9-10(2)12(4)14(11(9)3)15(6,7)17-13(5)16-8/h11,13,16-17H,1-8H3. The van der Waals surface area contributed by atoms with Gasteiger partial charge in [-0.05, 0) is 65.3 Å². The first-order valence-corrected chi connectivity index (χ1v) is 6.56. The van der Waals surface area contributed by atoms with Crippen LogP contribution in [0.1, 0.15) is 48.5 Å². The van der Waals surface area contributed by atoms with Gasteiger partial charge in [0.25, 0.3) is 0 Å². The summed E-state index contributed by atoms with van der Waals surface area (Å²) in [6.07, 6.45) is 0.318. The third-order valence-electron chi connectivity index (χ3n) is 4.32. The van der Waals surface area contributed by atoms with Gasteiger partial charge in [-0.1, -0.05) is 12.5 Å². The molecule has 0 saturated heterocycles. The van der Waals surface area contributed by atoms with Crippen molar-refractivity contribution in [3.05, 3.63) is 22.3 Å². The highest BCUT2D eigenvalue weighted by Crippen LogP contribution is 2.41. The molecule has 0 radical (unpaired) electrons. The van der Waals surface area contributed by atoms with Crippen molar-refractivity contribution in [1.82, 2.24) is 10.6 Å². The molecule has 17 heavy (non-hydrogen) atoms. The van der Waals surface area contributed by atoms with E-state index < -0.39 is 0 Å². The number of nitrogens with one attached hydrogen (secondary N) is 2. The second-order valence-electron chi connectivity index (χ2n) is 5.85. The summed E-state index contributed by atoms with van der Waals surface area (Å²) in [4.78, 5) is 0. The Balaban J connectivity index is 3.02. The highest BCUT2D eigenvalue weighted by Gasteiger charge is 2.34. The Kier molecular flexibility index (Phi) is 4.21. The highest BCUT2D eigenvalue weighted by molar-refractivity contribution is 5.50. The van der Waals surface area contributed by atoms with Gasteiger partial charge in [0.05, 0.1) is 6.17 Å². The molecule has 0 aliphatic heterocycles. The summed E-state index contributed by atoms with van der Waals surface area (Å²) in [5, 5.41) is 6.90. The van der Waals surface area contributed by atoms with Crippen LogP contribution in [0.15, 0.2) is 22.3 Å². The largest absolute Gasteiger partial charge is 0.305 e. The molecule has 0 aromatic carbocycles. The smallest absolute Gasteiger partial charge is 0.0546 e. The molecule has 2 atom stereocenters. The van der Waals surface area contributed by atoms with E-state index in [9.17, 15) is 0 Å². The van der Waals surface area contributed by atoms with Gasteiger partial charge in [-0.15, -0.1) is 0 Å². The molecule has 0 aromatic heterocycles. The topological polar surface area (TPSA) is 24.1 Å². The van der Waals surface area contributed by atoms with Gasteiger partial charge in [0.1, 0.15) is 0 Å². The lowest BCUT2D eigenvalue weighted by molar-refractivity contribution is 0.348. The molecule has 1 aliphatic carbocycles. The zero-order valence-corrected chi connectivity index (χ0v) is 12.7. The summed E-state index contributed by atoms with van der Waals surface area (Å²) >= 11 is 0. The van der Waals surface area contributed by atoms with Gasteiger partial charge in [-0.3, -0.25) is 5.32 Å². The fourth-order valence-electron chi connectivity index (χ4n) is 3.06. The van der Waals surface area contributed by atoms with Crippen molar-refractivity contribution >= 4 is 0 Å². The van der Waals surface area contributed by atoms with Crippen LogP contribution in [0.2, 0.25) is 0 Å². The van der Waals surface area contributed by atoms with E-state index in [1.807, 2.05) is 7.05 Å². The molecule has 2 nitrogen and oxygen atoms in total. The minimum atomic E-state index is 0.0327. The van der Waals surface area contributed by atoms with Gasteiger partial charge >= 0.3 is 0 Å². The van der Waals surface area contributed by atoms with E-state index in [4.69, 9.17) is 0 Å². The quantitative estimate of drug-likeness (QED) is 0.732. The maximum atomic E-state index is 3.65. The Morgan fingerprint density at radius 3 is 2.00 bits per heavy atom. The van der Waals surface area contributed by atoms with Crippen molar-refractivity contribution < 1.29 is 0 Å². The second kappa shape index (κ2) is 4.95. The summed E-state index contributed by atoms with van der Waals surface area (Å²) in [7, 11) is 1.99. The summed E-state index contributed by atoms with van der Waals surface area (Å²) in [6.45, 7) is 15.8. The molecule has 0 bridgehead atoms. The lowest BCUT2D eigenvalue weighted by atomic mass is 9.83. The van der Waals surface area contributed by atoms with E-state index in [1.165, 1.54) is 22.3 Å². The summed E-state index contributed by atoms with van der Waals surface area (Å²) in [6, 6.07) is 0. The van der Waals surface area contributed by atoms with Crippen molar-refractivity contribution in [2.24, 2.45) is 5.92 Å².